The second-order valence-electron chi connectivity index (χ2n) is 6.62. The third-order valence-electron chi connectivity index (χ3n) is 4.02. The van der Waals surface area contributed by atoms with Crippen molar-refractivity contribution in [3.63, 3.8) is 0 Å². The third kappa shape index (κ3) is 11.2. The van der Waals surface area contributed by atoms with Crippen LogP contribution in [0.3, 0.4) is 0 Å². The second-order valence-corrected chi connectivity index (χ2v) is 6.62. The minimum atomic E-state index is -0.890. The number of hydrogen-bond donors (Lipinski definition) is 2. The molecule has 2 N–H and O–H groups in total. The van der Waals surface area contributed by atoms with Gasteiger partial charge in [-0.25, -0.2) is 9.78 Å². The topological polar surface area (TPSA) is 125 Å². The maximum Gasteiger partial charge on any atom is 0.414 e. The standard InChI is InChI=1S/C21H33N3O7/c1-4-6-10-29-11-8-9-22-19(26)16-13-17(28-3)20(23-14-16)31-21(27)24-15-18(25)30-12-7-5-2/h13-14H,4-12,15H2,1-3H3,(H,22,26)(H,24,27). The molecule has 0 unspecified atom stereocenters. The minimum Gasteiger partial charge on any atom is -0.491 e. The number of amides is 2. The highest BCUT2D eigenvalue weighted by molar-refractivity contribution is 5.94. The van der Waals surface area contributed by atoms with Crippen LogP contribution in [0.5, 0.6) is 11.6 Å². The van der Waals surface area contributed by atoms with E-state index in [1.165, 1.54) is 19.4 Å². The summed E-state index contributed by atoms with van der Waals surface area (Å²) >= 11 is 0. The normalized spacial score (nSPS) is 10.3. The van der Waals surface area contributed by atoms with Crippen molar-refractivity contribution in [1.82, 2.24) is 15.6 Å². The number of nitrogens with one attached hydrogen (secondary N) is 2. The van der Waals surface area contributed by atoms with Gasteiger partial charge >= 0.3 is 12.1 Å². The highest BCUT2D eigenvalue weighted by atomic mass is 16.6. The van der Waals surface area contributed by atoms with Gasteiger partial charge < -0.3 is 29.6 Å². The number of carbonyl (C=O) groups is 3. The third-order valence-corrected chi connectivity index (χ3v) is 4.02. The fraction of sp³-hybridized carbons (Fsp3) is 0.619. The molecule has 10 heteroatoms. The Kier molecular flexibility index (Phi) is 13.4. The first-order valence-corrected chi connectivity index (χ1v) is 10.5. The number of esters is 1. The maximum atomic E-state index is 12.2. The molecule has 10 nitrogen and oxygen atoms in total. The summed E-state index contributed by atoms with van der Waals surface area (Å²) in [6, 6.07) is 1.42. The molecule has 174 valence electrons. The van der Waals surface area contributed by atoms with Gasteiger partial charge in [0.2, 0.25) is 0 Å². The average Bonchev–Trinajstić information content (AvgIpc) is 2.77. The molecule has 0 aliphatic heterocycles. The SMILES string of the molecule is CCCCOCCCNC(=O)c1cnc(OC(=O)NCC(=O)OCCCC)c(OC)c1. The molecule has 0 radical (unpaired) electrons. The lowest BCUT2D eigenvalue weighted by Crippen LogP contribution is -2.33. The van der Waals surface area contributed by atoms with Crippen molar-refractivity contribution in [2.24, 2.45) is 0 Å². The molecule has 1 heterocycles. The van der Waals surface area contributed by atoms with Gasteiger partial charge in [-0.1, -0.05) is 26.7 Å². The summed E-state index contributed by atoms with van der Waals surface area (Å²) in [5, 5.41) is 5.05. The van der Waals surface area contributed by atoms with Crippen molar-refractivity contribution in [1.29, 1.82) is 0 Å². The molecule has 1 aromatic heterocycles. The number of pyridine rings is 1. The average molecular weight is 440 g/mol. The second kappa shape index (κ2) is 15.9. The number of rotatable bonds is 15. The number of carbonyl (C=O) groups excluding carboxylic acids is 3. The summed E-state index contributed by atoms with van der Waals surface area (Å²) in [5.41, 5.74) is 0.260. The van der Waals surface area contributed by atoms with E-state index in [-0.39, 0.29) is 29.6 Å². The quantitative estimate of drug-likeness (QED) is 0.315. The molecule has 31 heavy (non-hydrogen) atoms. The molecular formula is C21H33N3O7. The first kappa shape index (κ1) is 26.2. The number of unbranched alkanes of at least 4 members (excludes halogenated alkanes) is 2. The van der Waals surface area contributed by atoms with E-state index in [1.54, 1.807) is 0 Å². The summed E-state index contributed by atoms with van der Waals surface area (Å²) < 4.78 is 20.6. The van der Waals surface area contributed by atoms with E-state index in [4.69, 9.17) is 18.9 Å². The molecule has 1 rings (SSSR count). The fourth-order valence-corrected chi connectivity index (χ4v) is 2.26. The zero-order valence-electron chi connectivity index (χ0n) is 18.5. The van der Waals surface area contributed by atoms with Crippen molar-refractivity contribution in [3.8, 4) is 11.6 Å². The molecule has 0 fully saturated rings. The monoisotopic (exact) mass is 439 g/mol. The smallest absolute Gasteiger partial charge is 0.414 e. The van der Waals surface area contributed by atoms with Gasteiger partial charge in [-0.15, -0.1) is 0 Å². The molecule has 0 bridgehead atoms. The molecule has 0 atom stereocenters. The highest BCUT2D eigenvalue weighted by Crippen LogP contribution is 2.25. The Bertz CT molecular complexity index is 698. The number of methoxy groups -OCH3 is 1. The van der Waals surface area contributed by atoms with Gasteiger partial charge in [0.05, 0.1) is 19.3 Å². The summed E-state index contributed by atoms with van der Waals surface area (Å²) in [6.07, 6.45) is 4.84. The van der Waals surface area contributed by atoms with Crippen molar-refractivity contribution in [2.75, 3.05) is 40.0 Å². The fourth-order valence-electron chi connectivity index (χ4n) is 2.26. The molecule has 1 aromatic rings. The predicted octanol–water partition coefficient (Wildman–Crippen LogP) is 2.46. The molecule has 0 saturated carbocycles. The van der Waals surface area contributed by atoms with Crippen molar-refractivity contribution in [3.05, 3.63) is 17.8 Å². The Hall–Kier alpha value is -2.88. The van der Waals surface area contributed by atoms with Crippen LogP contribution in [0.1, 0.15) is 56.3 Å². The van der Waals surface area contributed by atoms with Gasteiger partial charge in [-0.3, -0.25) is 9.59 Å². The zero-order chi connectivity index (χ0) is 22.9. The summed E-state index contributed by atoms with van der Waals surface area (Å²) in [6.45, 7) is 5.81. The molecule has 0 aliphatic rings. The van der Waals surface area contributed by atoms with Crippen molar-refractivity contribution < 1.29 is 33.3 Å². The van der Waals surface area contributed by atoms with Crippen LogP contribution >= 0.6 is 0 Å². The van der Waals surface area contributed by atoms with Gasteiger partial charge in [-0.2, -0.15) is 0 Å². The van der Waals surface area contributed by atoms with E-state index < -0.39 is 12.1 Å². The van der Waals surface area contributed by atoms with Gasteiger partial charge in [-0.05, 0) is 19.3 Å². The molecule has 0 aliphatic carbocycles. The predicted molar refractivity (Wildman–Crippen MR) is 113 cm³/mol. The van der Waals surface area contributed by atoms with E-state index in [0.29, 0.717) is 26.2 Å². The van der Waals surface area contributed by atoms with Crippen LogP contribution in [0, 0.1) is 0 Å². The maximum absolute atomic E-state index is 12.2. The minimum absolute atomic E-state index is 0.108. The number of ether oxygens (including phenoxy) is 4. The first-order valence-electron chi connectivity index (χ1n) is 10.5. The van der Waals surface area contributed by atoms with Crippen molar-refractivity contribution >= 4 is 18.0 Å². The van der Waals surface area contributed by atoms with Crippen LogP contribution in [0.25, 0.3) is 0 Å². The van der Waals surface area contributed by atoms with Crippen LogP contribution in [0.15, 0.2) is 12.3 Å². The first-order chi connectivity index (χ1) is 15.0. The summed E-state index contributed by atoms with van der Waals surface area (Å²) in [7, 11) is 1.36. The van der Waals surface area contributed by atoms with Gasteiger partial charge in [0.1, 0.15) is 6.54 Å². The number of nitrogens with zero attached hydrogens (tertiary/aromatic N) is 1. The van der Waals surface area contributed by atoms with Crippen LogP contribution in [-0.2, 0) is 14.3 Å². The molecule has 2 amide bonds. The Morgan fingerprint density at radius 2 is 1.71 bits per heavy atom. The van der Waals surface area contributed by atoms with E-state index >= 15 is 0 Å². The summed E-state index contributed by atoms with van der Waals surface area (Å²) in [4.78, 5) is 39.6. The van der Waals surface area contributed by atoms with E-state index in [0.717, 1.165) is 32.3 Å². The van der Waals surface area contributed by atoms with Crippen LogP contribution < -0.4 is 20.1 Å². The van der Waals surface area contributed by atoms with Gasteiger partial charge in [0.15, 0.2) is 5.75 Å². The van der Waals surface area contributed by atoms with Crippen LogP contribution in [0.4, 0.5) is 4.79 Å². The van der Waals surface area contributed by atoms with Gasteiger partial charge in [0.25, 0.3) is 11.8 Å². The Labute approximate surface area is 183 Å². The number of aromatic nitrogens is 1. The Morgan fingerprint density at radius 1 is 1.00 bits per heavy atom. The van der Waals surface area contributed by atoms with E-state index in [2.05, 4.69) is 22.5 Å². The molecule has 0 saturated heterocycles. The Morgan fingerprint density at radius 3 is 2.42 bits per heavy atom. The lowest BCUT2D eigenvalue weighted by molar-refractivity contribution is -0.142. The Balaban J connectivity index is 2.46. The van der Waals surface area contributed by atoms with Gasteiger partial charge in [0, 0.05) is 32.0 Å². The van der Waals surface area contributed by atoms with Crippen LogP contribution in [0.2, 0.25) is 0 Å². The summed E-state index contributed by atoms with van der Waals surface area (Å²) in [5.74, 6) is -0.908. The molecule has 0 spiro atoms. The lowest BCUT2D eigenvalue weighted by atomic mass is 10.2. The van der Waals surface area contributed by atoms with E-state index in [1.807, 2.05) is 6.92 Å². The van der Waals surface area contributed by atoms with E-state index in [9.17, 15) is 14.4 Å². The van der Waals surface area contributed by atoms with Crippen LogP contribution in [-0.4, -0.2) is 63.0 Å². The zero-order valence-corrected chi connectivity index (χ0v) is 18.5. The van der Waals surface area contributed by atoms with Crippen molar-refractivity contribution in [2.45, 2.75) is 46.0 Å². The largest absolute Gasteiger partial charge is 0.491 e. The lowest BCUT2D eigenvalue weighted by Gasteiger charge is -2.11. The molecular weight excluding hydrogens is 406 g/mol. The highest BCUT2D eigenvalue weighted by Gasteiger charge is 2.16. The molecule has 0 aromatic carbocycles. The number of hydrogen-bond acceptors (Lipinski definition) is 8.